The average molecular weight is 269 g/mol. The Hall–Kier alpha value is -1.35. The van der Waals surface area contributed by atoms with Crippen molar-refractivity contribution >= 4 is 23.4 Å². The highest BCUT2D eigenvalue weighted by Gasteiger charge is 2.28. The number of Topliss-reactive ketones (excluding diaryl/α,β-unsaturated/α-hetero) is 1. The van der Waals surface area contributed by atoms with Gasteiger partial charge in [-0.25, -0.2) is 0 Å². The molecule has 0 saturated carbocycles. The van der Waals surface area contributed by atoms with Gasteiger partial charge in [0.2, 0.25) is 0 Å². The molecule has 18 heavy (non-hydrogen) atoms. The van der Waals surface area contributed by atoms with Gasteiger partial charge < -0.3 is 4.74 Å². The standard InChI is InChI=1S/C14H17ClO3/c1-2-18-14(17)12(9-6-10-15)13(16)11-7-4-3-5-8-11/h3-5,7-8,12H,2,6,9-10H2,1H3. The first-order valence-electron chi connectivity index (χ1n) is 6.02. The first-order chi connectivity index (χ1) is 8.70. The Morgan fingerprint density at radius 3 is 2.50 bits per heavy atom. The summed E-state index contributed by atoms with van der Waals surface area (Å²) in [6.45, 7) is 2.00. The van der Waals surface area contributed by atoms with Crippen molar-refractivity contribution in [2.75, 3.05) is 12.5 Å². The molecule has 1 unspecified atom stereocenters. The van der Waals surface area contributed by atoms with Crippen LogP contribution >= 0.6 is 11.6 Å². The fourth-order valence-corrected chi connectivity index (χ4v) is 1.84. The van der Waals surface area contributed by atoms with Crippen molar-refractivity contribution in [3.63, 3.8) is 0 Å². The Morgan fingerprint density at radius 1 is 1.28 bits per heavy atom. The third-order valence-electron chi connectivity index (χ3n) is 2.57. The topological polar surface area (TPSA) is 43.4 Å². The van der Waals surface area contributed by atoms with E-state index in [0.717, 1.165) is 0 Å². The van der Waals surface area contributed by atoms with Gasteiger partial charge in [0.05, 0.1) is 6.61 Å². The lowest BCUT2D eigenvalue weighted by Crippen LogP contribution is -2.26. The maximum absolute atomic E-state index is 12.2. The molecule has 0 bridgehead atoms. The number of alkyl halides is 1. The van der Waals surface area contributed by atoms with Crippen molar-refractivity contribution in [3.8, 4) is 0 Å². The number of rotatable bonds is 7. The van der Waals surface area contributed by atoms with E-state index < -0.39 is 11.9 Å². The maximum Gasteiger partial charge on any atom is 0.316 e. The van der Waals surface area contributed by atoms with Crippen LogP contribution in [0.2, 0.25) is 0 Å². The second-order valence-electron chi connectivity index (χ2n) is 3.87. The molecular weight excluding hydrogens is 252 g/mol. The molecule has 3 nitrogen and oxygen atoms in total. The zero-order valence-electron chi connectivity index (χ0n) is 10.4. The first-order valence-corrected chi connectivity index (χ1v) is 6.56. The summed E-state index contributed by atoms with van der Waals surface area (Å²) in [5, 5.41) is 0. The van der Waals surface area contributed by atoms with Gasteiger partial charge in [-0.3, -0.25) is 9.59 Å². The highest BCUT2D eigenvalue weighted by Crippen LogP contribution is 2.16. The van der Waals surface area contributed by atoms with Gasteiger partial charge in [0, 0.05) is 11.4 Å². The summed E-state index contributed by atoms with van der Waals surface area (Å²) in [7, 11) is 0. The molecule has 0 amide bonds. The summed E-state index contributed by atoms with van der Waals surface area (Å²) >= 11 is 5.61. The van der Waals surface area contributed by atoms with Gasteiger partial charge >= 0.3 is 5.97 Å². The van der Waals surface area contributed by atoms with Crippen molar-refractivity contribution in [3.05, 3.63) is 35.9 Å². The molecule has 0 fully saturated rings. The molecule has 98 valence electrons. The fraction of sp³-hybridized carbons (Fsp3) is 0.429. The van der Waals surface area contributed by atoms with Crippen LogP contribution in [0, 0.1) is 5.92 Å². The van der Waals surface area contributed by atoms with Gasteiger partial charge in [-0.15, -0.1) is 11.6 Å². The van der Waals surface area contributed by atoms with Crippen LogP contribution in [-0.4, -0.2) is 24.2 Å². The van der Waals surface area contributed by atoms with E-state index in [1.807, 2.05) is 6.07 Å². The molecule has 1 aromatic carbocycles. The zero-order chi connectivity index (χ0) is 13.4. The number of carbonyl (C=O) groups excluding carboxylic acids is 2. The quantitative estimate of drug-likeness (QED) is 0.330. The van der Waals surface area contributed by atoms with Crippen LogP contribution in [0.1, 0.15) is 30.1 Å². The number of ether oxygens (including phenoxy) is 1. The van der Waals surface area contributed by atoms with E-state index in [9.17, 15) is 9.59 Å². The molecule has 0 heterocycles. The van der Waals surface area contributed by atoms with Crippen LogP contribution in [-0.2, 0) is 9.53 Å². The Bertz CT molecular complexity index is 389. The van der Waals surface area contributed by atoms with E-state index >= 15 is 0 Å². The van der Waals surface area contributed by atoms with Crippen LogP contribution < -0.4 is 0 Å². The average Bonchev–Trinajstić information content (AvgIpc) is 2.40. The summed E-state index contributed by atoms with van der Waals surface area (Å²) < 4.78 is 4.94. The molecule has 1 rings (SSSR count). The van der Waals surface area contributed by atoms with Gasteiger partial charge in [0.25, 0.3) is 0 Å². The van der Waals surface area contributed by atoms with E-state index in [1.165, 1.54) is 0 Å². The lowest BCUT2D eigenvalue weighted by atomic mass is 9.93. The Labute approximate surface area is 112 Å². The van der Waals surface area contributed by atoms with Crippen LogP contribution in [0.5, 0.6) is 0 Å². The van der Waals surface area contributed by atoms with Crippen LogP contribution in [0.4, 0.5) is 0 Å². The van der Waals surface area contributed by atoms with E-state index in [2.05, 4.69) is 0 Å². The molecule has 0 N–H and O–H groups in total. The summed E-state index contributed by atoms with van der Waals surface area (Å²) in [4.78, 5) is 24.0. The molecule has 1 aromatic rings. The molecule has 0 aliphatic carbocycles. The normalized spacial score (nSPS) is 11.9. The zero-order valence-corrected chi connectivity index (χ0v) is 11.2. The van der Waals surface area contributed by atoms with E-state index in [4.69, 9.17) is 16.3 Å². The molecular formula is C14H17ClO3. The molecule has 0 spiro atoms. The highest BCUT2D eigenvalue weighted by molar-refractivity contribution is 6.17. The fourth-order valence-electron chi connectivity index (χ4n) is 1.68. The van der Waals surface area contributed by atoms with Gasteiger partial charge in [0.15, 0.2) is 5.78 Å². The van der Waals surface area contributed by atoms with Gasteiger partial charge in [-0.2, -0.15) is 0 Å². The SMILES string of the molecule is CCOC(=O)C(CCCCl)C(=O)c1ccccc1. The number of halogens is 1. The molecule has 0 aliphatic rings. The van der Waals surface area contributed by atoms with Gasteiger partial charge in [0.1, 0.15) is 5.92 Å². The highest BCUT2D eigenvalue weighted by atomic mass is 35.5. The van der Waals surface area contributed by atoms with Crippen LogP contribution in [0.3, 0.4) is 0 Å². The minimum absolute atomic E-state index is 0.195. The summed E-state index contributed by atoms with van der Waals surface area (Å²) in [6, 6.07) is 8.79. The number of benzene rings is 1. The predicted molar refractivity (Wildman–Crippen MR) is 70.8 cm³/mol. The second-order valence-corrected chi connectivity index (χ2v) is 4.24. The number of hydrogen-bond donors (Lipinski definition) is 0. The molecule has 0 aliphatic heterocycles. The minimum atomic E-state index is -0.744. The molecule has 1 atom stereocenters. The maximum atomic E-state index is 12.2. The third kappa shape index (κ3) is 4.15. The van der Waals surface area contributed by atoms with Crippen molar-refractivity contribution in [1.29, 1.82) is 0 Å². The Morgan fingerprint density at radius 2 is 1.94 bits per heavy atom. The van der Waals surface area contributed by atoms with E-state index in [-0.39, 0.29) is 12.4 Å². The van der Waals surface area contributed by atoms with Crippen molar-refractivity contribution in [2.45, 2.75) is 19.8 Å². The number of carbonyl (C=O) groups is 2. The largest absolute Gasteiger partial charge is 0.465 e. The monoisotopic (exact) mass is 268 g/mol. The van der Waals surface area contributed by atoms with Crippen molar-refractivity contribution in [2.24, 2.45) is 5.92 Å². The van der Waals surface area contributed by atoms with Crippen molar-refractivity contribution < 1.29 is 14.3 Å². The van der Waals surface area contributed by atoms with Crippen molar-refractivity contribution in [1.82, 2.24) is 0 Å². The lowest BCUT2D eigenvalue weighted by Gasteiger charge is -2.13. The number of ketones is 1. The number of esters is 1. The van der Waals surface area contributed by atoms with Crippen LogP contribution in [0.25, 0.3) is 0 Å². The first kappa shape index (κ1) is 14.7. The molecule has 0 aromatic heterocycles. The van der Waals surface area contributed by atoms with Gasteiger partial charge in [-0.1, -0.05) is 30.3 Å². The summed E-state index contributed by atoms with van der Waals surface area (Å²) in [5.74, 6) is -0.973. The van der Waals surface area contributed by atoms with Gasteiger partial charge in [-0.05, 0) is 19.8 Å². The van der Waals surface area contributed by atoms with Crippen LogP contribution in [0.15, 0.2) is 30.3 Å². The molecule has 0 radical (unpaired) electrons. The Kier molecular flexibility index (Phi) is 6.44. The molecule has 4 heteroatoms. The van der Waals surface area contributed by atoms with E-state index in [0.29, 0.717) is 24.3 Å². The van der Waals surface area contributed by atoms with E-state index in [1.54, 1.807) is 31.2 Å². The summed E-state index contributed by atoms with van der Waals surface area (Å²) in [6.07, 6.45) is 1.04. The summed E-state index contributed by atoms with van der Waals surface area (Å²) in [5.41, 5.74) is 0.533. The predicted octanol–water partition coefficient (Wildman–Crippen LogP) is 3.07. The smallest absolute Gasteiger partial charge is 0.316 e. The lowest BCUT2D eigenvalue weighted by molar-refractivity contribution is -0.146. The second kappa shape index (κ2) is 7.88. The minimum Gasteiger partial charge on any atom is -0.465 e. The third-order valence-corrected chi connectivity index (χ3v) is 2.84. The number of hydrogen-bond acceptors (Lipinski definition) is 3. The Balaban J connectivity index is 2.82. The molecule has 0 saturated heterocycles.